The van der Waals surface area contributed by atoms with Crippen molar-refractivity contribution >= 4 is 16.9 Å². The molecule has 0 saturated carbocycles. The number of nitrogens with zero attached hydrogens (tertiary/aromatic N) is 4. The fraction of sp³-hybridized carbons (Fsp3) is 0.300. The van der Waals surface area contributed by atoms with Crippen molar-refractivity contribution < 1.29 is 4.39 Å². The predicted octanol–water partition coefficient (Wildman–Crippen LogP) is 3.58. The molecule has 0 bridgehead atoms. The minimum absolute atomic E-state index is 0.287. The smallest absolute Gasteiger partial charge is 0.156 e. The number of benzene rings is 2. The number of aromatic nitrogens is 2. The Bertz CT molecular complexity index is 874. The lowest BCUT2D eigenvalue weighted by Crippen LogP contribution is -2.46. The molecule has 2 heterocycles. The fourth-order valence-corrected chi connectivity index (χ4v) is 3.30. The van der Waals surface area contributed by atoms with Crippen molar-refractivity contribution in [2.75, 3.05) is 37.6 Å². The fourth-order valence-electron chi connectivity index (χ4n) is 3.30. The molecule has 1 aliphatic heterocycles. The second kappa shape index (κ2) is 6.76. The van der Waals surface area contributed by atoms with E-state index in [4.69, 9.17) is 9.97 Å². The highest BCUT2D eigenvalue weighted by Gasteiger charge is 2.21. The molecule has 1 saturated heterocycles. The van der Waals surface area contributed by atoms with Crippen molar-refractivity contribution in [3.63, 3.8) is 0 Å². The predicted molar refractivity (Wildman–Crippen MR) is 99.3 cm³/mol. The Morgan fingerprint density at radius 2 is 1.68 bits per heavy atom. The van der Waals surface area contributed by atoms with Gasteiger partial charge in [-0.3, -0.25) is 0 Å². The van der Waals surface area contributed by atoms with Gasteiger partial charge in [-0.25, -0.2) is 14.4 Å². The highest BCUT2D eigenvalue weighted by molar-refractivity contribution is 5.83. The van der Waals surface area contributed by atoms with E-state index in [2.05, 4.69) is 16.7 Å². The summed E-state index contributed by atoms with van der Waals surface area (Å²) < 4.78 is 13.6. The van der Waals surface area contributed by atoms with Crippen LogP contribution < -0.4 is 4.90 Å². The van der Waals surface area contributed by atoms with Crippen LogP contribution in [-0.4, -0.2) is 47.6 Å². The zero-order chi connectivity index (χ0) is 17.2. The summed E-state index contributed by atoms with van der Waals surface area (Å²) in [4.78, 5) is 14.3. The Labute approximate surface area is 146 Å². The lowest BCUT2D eigenvalue weighted by Gasteiger charge is -2.35. The molecular weight excluding hydrogens is 315 g/mol. The quantitative estimate of drug-likeness (QED) is 0.732. The molecule has 0 atom stereocenters. The summed E-state index contributed by atoms with van der Waals surface area (Å²) in [5, 5.41) is 0. The molecule has 3 aromatic rings. The maximum atomic E-state index is 13.6. The van der Waals surface area contributed by atoms with Gasteiger partial charge in [0.2, 0.25) is 0 Å². The van der Waals surface area contributed by atoms with Crippen molar-refractivity contribution in [1.29, 1.82) is 0 Å². The van der Waals surface area contributed by atoms with Crippen LogP contribution >= 0.6 is 0 Å². The maximum Gasteiger partial charge on any atom is 0.156 e. The molecule has 0 aliphatic carbocycles. The number of piperazine rings is 1. The number of hydrogen-bond donors (Lipinski definition) is 0. The van der Waals surface area contributed by atoms with Crippen LogP contribution in [0.15, 0.2) is 48.5 Å². The molecule has 0 radical (unpaired) electrons. The molecular formula is C20H21FN4. The second-order valence-electron chi connectivity index (χ2n) is 6.32. The Hall–Kier alpha value is -2.53. The molecule has 1 fully saturated rings. The average molecular weight is 336 g/mol. The van der Waals surface area contributed by atoms with E-state index in [0.717, 1.165) is 55.3 Å². The molecule has 2 aromatic carbocycles. The van der Waals surface area contributed by atoms with Crippen LogP contribution in [0.2, 0.25) is 0 Å². The standard InChI is InChI=1S/C20H21FN4/c1-2-24-10-12-25(13-11-24)20-19(15-6-4-3-5-7-15)22-18-14-16(21)8-9-17(18)23-20/h3-9,14H,2,10-13H2,1H3. The Kier molecular flexibility index (Phi) is 4.32. The molecule has 1 aromatic heterocycles. The van der Waals surface area contributed by atoms with Crippen molar-refractivity contribution in [2.24, 2.45) is 0 Å². The van der Waals surface area contributed by atoms with E-state index in [0.29, 0.717) is 5.52 Å². The minimum Gasteiger partial charge on any atom is -0.352 e. The van der Waals surface area contributed by atoms with Crippen LogP contribution in [0.1, 0.15) is 6.92 Å². The number of rotatable bonds is 3. The van der Waals surface area contributed by atoms with Crippen LogP contribution in [0.4, 0.5) is 10.2 Å². The van der Waals surface area contributed by atoms with E-state index < -0.39 is 0 Å². The van der Waals surface area contributed by atoms with Crippen LogP contribution in [0, 0.1) is 5.82 Å². The van der Waals surface area contributed by atoms with Gasteiger partial charge in [0.15, 0.2) is 5.82 Å². The number of fused-ring (bicyclic) bond motifs is 1. The normalized spacial score (nSPS) is 15.7. The molecule has 0 N–H and O–H groups in total. The van der Waals surface area contributed by atoms with Crippen LogP contribution in [0.25, 0.3) is 22.3 Å². The van der Waals surface area contributed by atoms with E-state index in [-0.39, 0.29) is 5.82 Å². The third kappa shape index (κ3) is 3.20. The van der Waals surface area contributed by atoms with E-state index >= 15 is 0 Å². The molecule has 0 unspecified atom stereocenters. The Morgan fingerprint density at radius 3 is 2.40 bits per heavy atom. The number of hydrogen-bond acceptors (Lipinski definition) is 4. The van der Waals surface area contributed by atoms with Gasteiger partial charge in [0, 0.05) is 37.8 Å². The van der Waals surface area contributed by atoms with Crippen molar-refractivity contribution in [1.82, 2.24) is 14.9 Å². The first-order valence-corrected chi connectivity index (χ1v) is 8.74. The highest BCUT2D eigenvalue weighted by Crippen LogP contribution is 2.30. The molecule has 4 rings (SSSR count). The molecule has 1 aliphatic rings. The Morgan fingerprint density at radius 1 is 0.920 bits per heavy atom. The zero-order valence-electron chi connectivity index (χ0n) is 14.3. The lowest BCUT2D eigenvalue weighted by molar-refractivity contribution is 0.270. The van der Waals surface area contributed by atoms with Crippen molar-refractivity contribution in [3.8, 4) is 11.3 Å². The van der Waals surface area contributed by atoms with Gasteiger partial charge in [-0.15, -0.1) is 0 Å². The van der Waals surface area contributed by atoms with E-state index in [1.54, 1.807) is 6.07 Å². The van der Waals surface area contributed by atoms with Gasteiger partial charge in [-0.2, -0.15) is 0 Å². The summed E-state index contributed by atoms with van der Waals surface area (Å²) in [7, 11) is 0. The number of anilines is 1. The monoisotopic (exact) mass is 336 g/mol. The summed E-state index contributed by atoms with van der Waals surface area (Å²) in [5.41, 5.74) is 3.15. The van der Waals surface area contributed by atoms with Gasteiger partial charge >= 0.3 is 0 Å². The third-order valence-electron chi connectivity index (χ3n) is 4.77. The zero-order valence-corrected chi connectivity index (χ0v) is 14.3. The van der Waals surface area contributed by atoms with Crippen molar-refractivity contribution in [3.05, 3.63) is 54.3 Å². The van der Waals surface area contributed by atoms with E-state index in [1.165, 1.54) is 12.1 Å². The highest BCUT2D eigenvalue weighted by atomic mass is 19.1. The molecule has 4 nitrogen and oxygen atoms in total. The first-order valence-electron chi connectivity index (χ1n) is 8.74. The van der Waals surface area contributed by atoms with Gasteiger partial charge in [0.1, 0.15) is 11.5 Å². The minimum atomic E-state index is -0.287. The van der Waals surface area contributed by atoms with Crippen LogP contribution in [-0.2, 0) is 0 Å². The van der Waals surface area contributed by atoms with Gasteiger partial charge in [-0.05, 0) is 18.7 Å². The maximum absolute atomic E-state index is 13.6. The largest absolute Gasteiger partial charge is 0.352 e. The van der Waals surface area contributed by atoms with Gasteiger partial charge in [-0.1, -0.05) is 37.3 Å². The lowest BCUT2D eigenvalue weighted by atomic mass is 10.1. The molecule has 5 heteroatoms. The SMILES string of the molecule is CCN1CCN(c2nc3ccc(F)cc3nc2-c2ccccc2)CC1. The van der Waals surface area contributed by atoms with Crippen LogP contribution in [0.3, 0.4) is 0 Å². The Balaban J connectivity index is 1.82. The first-order chi connectivity index (χ1) is 12.2. The number of likely N-dealkylation sites (N-methyl/N-ethyl adjacent to an activating group) is 1. The van der Waals surface area contributed by atoms with Gasteiger partial charge < -0.3 is 9.80 Å². The topological polar surface area (TPSA) is 32.3 Å². The summed E-state index contributed by atoms with van der Waals surface area (Å²) in [5.74, 6) is 0.603. The van der Waals surface area contributed by atoms with Crippen molar-refractivity contribution in [2.45, 2.75) is 6.92 Å². The van der Waals surface area contributed by atoms with E-state index in [1.807, 2.05) is 30.3 Å². The van der Waals surface area contributed by atoms with Crippen LogP contribution in [0.5, 0.6) is 0 Å². The molecule has 128 valence electrons. The van der Waals surface area contributed by atoms with Gasteiger partial charge in [0.25, 0.3) is 0 Å². The third-order valence-corrected chi connectivity index (χ3v) is 4.77. The molecule has 0 spiro atoms. The second-order valence-corrected chi connectivity index (χ2v) is 6.32. The van der Waals surface area contributed by atoms with E-state index in [9.17, 15) is 4.39 Å². The average Bonchev–Trinajstić information content (AvgIpc) is 2.68. The molecule has 0 amide bonds. The number of halogens is 1. The summed E-state index contributed by atoms with van der Waals surface area (Å²) in [6.07, 6.45) is 0. The first kappa shape index (κ1) is 16.0. The summed E-state index contributed by atoms with van der Waals surface area (Å²) >= 11 is 0. The summed E-state index contributed by atoms with van der Waals surface area (Å²) in [6.45, 7) is 7.16. The van der Waals surface area contributed by atoms with Gasteiger partial charge in [0.05, 0.1) is 11.0 Å². The summed E-state index contributed by atoms with van der Waals surface area (Å²) in [6, 6.07) is 14.6. The molecule has 25 heavy (non-hydrogen) atoms.